The maximum absolute atomic E-state index is 13.5. The van der Waals surface area contributed by atoms with Crippen molar-refractivity contribution in [2.24, 2.45) is 0 Å². The van der Waals surface area contributed by atoms with Crippen LogP contribution in [-0.4, -0.2) is 22.8 Å². The molecule has 2 aromatic rings. The summed E-state index contributed by atoms with van der Waals surface area (Å²) in [6, 6.07) is 10.4. The Hall–Kier alpha value is -3.49. The van der Waals surface area contributed by atoms with Gasteiger partial charge in [0.1, 0.15) is 0 Å². The van der Waals surface area contributed by atoms with E-state index in [1.165, 1.54) is 49.4 Å². The predicted octanol–water partition coefficient (Wildman–Crippen LogP) is 1.96. The van der Waals surface area contributed by atoms with Crippen LogP contribution < -0.4 is 15.6 Å². The van der Waals surface area contributed by atoms with Crippen LogP contribution in [0.15, 0.2) is 48.5 Å². The second-order valence-electron chi connectivity index (χ2n) is 4.94. The maximum Gasteiger partial charge on any atom is 0.279 e. The zero-order chi connectivity index (χ0) is 18.4. The van der Waals surface area contributed by atoms with Gasteiger partial charge in [0.25, 0.3) is 17.5 Å². The molecule has 0 heterocycles. The molecule has 0 spiro atoms. The van der Waals surface area contributed by atoms with Crippen molar-refractivity contribution in [1.82, 2.24) is 10.9 Å². The minimum Gasteiger partial charge on any atom is -0.478 e. The van der Waals surface area contributed by atoms with Gasteiger partial charge in [-0.25, -0.2) is 4.39 Å². The maximum atomic E-state index is 13.5. The molecule has 0 aliphatic rings. The number of halogens is 1. The smallest absolute Gasteiger partial charge is 0.279 e. The number of nitro groups is 1. The van der Waals surface area contributed by atoms with Crippen LogP contribution in [0, 0.1) is 15.9 Å². The quantitative estimate of drug-likeness (QED) is 0.634. The van der Waals surface area contributed by atoms with E-state index >= 15 is 0 Å². The normalized spacial score (nSPS) is 11.3. The van der Waals surface area contributed by atoms with E-state index in [4.69, 9.17) is 4.74 Å². The fourth-order valence-electron chi connectivity index (χ4n) is 1.81. The van der Waals surface area contributed by atoms with Crippen LogP contribution >= 0.6 is 0 Å². The summed E-state index contributed by atoms with van der Waals surface area (Å²) in [4.78, 5) is 33.7. The fraction of sp³-hybridized carbons (Fsp3) is 0.125. The number of nitrogens with one attached hydrogen (secondary N) is 2. The van der Waals surface area contributed by atoms with Crippen LogP contribution in [0.25, 0.3) is 0 Å². The number of hydrogen-bond acceptors (Lipinski definition) is 5. The number of rotatable bonds is 5. The van der Waals surface area contributed by atoms with Gasteiger partial charge >= 0.3 is 0 Å². The summed E-state index contributed by atoms with van der Waals surface area (Å²) in [6.45, 7) is 1.39. The molecule has 2 aromatic carbocycles. The Morgan fingerprint density at radius 1 is 1.12 bits per heavy atom. The lowest BCUT2D eigenvalue weighted by molar-refractivity contribution is -0.384. The van der Waals surface area contributed by atoms with Gasteiger partial charge in [0.05, 0.1) is 4.92 Å². The van der Waals surface area contributed by atoms with Crippen molar-refractivity contribution in [3.05, 3.63) is 70.0 Å². The zero-order valence-electron chi connectivity index (χ0n) is 13.1. The Labute approximate surface area is 141 Å². The third kappa shape index (κ3) is 4.74. The largest absolute Gasteiger partial charge is 0.478 e. The molecule has 0 unspecified atom stereocenters. The van der Waals surface area contributed by atoms with Crippen molar-refractivity contribution in [2.45, 2.75) is 13.0 Å². The first-order chi connectivity index (χ1) is 11.9. The van der Waals surface area contributed by atoms with Gasteiger partial charge in [0.15, 0.2) is 17.7 Å². The highest BCUT2D eigenvalue weighted by molar-refractivity contribution is 5.95. The molecule has 0 saturated carbocycles. The second kappa shape index (κ2) is 7.86. The Morgan fingerprint density at radius 3 is 2.36 bits per heavy atom. The van der Waals surface area contributed by atoms with Crippen LogP contribution in [0.5, 0.6) is 5.75 Å². The molecule has 9 heteroatoms. The van der Waals surface area contributed by atoms with E-state index in [2.05, 4.69) is 10.9 Å². The van der Waals surface area contributed by atoms with Crippen molar-refractivity contribution in [3.63, 3.8) is 0 Å². The Bertz CT molecular complexity index is 795. The van der Waals surface area contributed by atoms with E-state index in [9.17, 15) is 24.1 Å². The minimum atomic E-state index is -1.06. The van der Waals surface area contributed by atoms with Crippen molar-refractivity contribution >= 4 is 17.5 Å². The molecule has 0 aliphatic carbocycles. The highest BCUT2D eigenvalue weighted by Crippen LogP contribution is 2.17. The van der Waals surface area contributed by atoms with E-state index in [0.717, 1.165) is 0 Å². The lowest BCUT2D eigenvalue weighted by Crippen LogP contribution is -2.47. The van der Waals surface area contributed by atoms with Gasteiger partial charge in [-0.1, -0.05) is 12.1 Å². The first-order valence-electron chi connectivity index (χ1n) is 7.14. The molecule has 25 heavy (non-hydrogen) atoms. The average Bonchev–Trinajstić information content (AvgIpc) is 2.61. The Kier molecular flexibility index (Phi) is 5.62. The molecular weight excluding hydrogens is 333 g/mol. The third-order valence-electron chi connectivity index (χ3n) is 3.15. The SMILES string of the molecule is C[C@H](Oc1ccccc1F)C(=O)NNC(=O)c1ccc([N+](=O)[O-])cc1. The summed E-state index contributed by atoms with van der Waals surface area (Å²) in [6.07, 6.45) is -1.06. The number of benzene rings is 2. The number of nitrogens with zero attached hydrogens (tertiary/aromatic N) is 1. The monoisotopic (exact) mass is 347 g/mol. The van der Waals surface area contributed by atoms with E-state index in [-0.39, 0.29) is 17.0 Å². The van der Waals surface area contributed by atoms with Gasteiger partial charge < -0.3 is 4.74 Å². The van der Waals surface area contributed by atoms with Crippen molar-refractivity contribution in [3.8, 4) is 5.75 Å². The molecular formula is C16H14FN3O5. The van der Waals surface area contributed by atoms with Gasteiger partial charge in [0, 0.05) is 17.7 Å². The number of para-hydroxylation sites is 1. The van der Waals surface area contributed by atoms with Gasteiger partial charge in [0.2, 0.25) is 0 Å². The molecule has 0 saturated heterocycles. The number of nitro benzene ring substituents is 1. The number of carbonyl (C=O) groups excluding carboxylic acids is 2. The number of hydrazine groups is 1. The molecule has 1 atom stereocenters. The molecule has 0 bridgehead atoms. The molecule has 2 rings (SSSR count). The predicted molar refractivity (Wildman–Crippen MR) is 85.2 cm³/mol. The Morgan fingerprint density at radius 2 is 1.76 bits per heavy atom. The van der Waals surface area contributed by atoms with Crippen molar-refractivity contribution in [2.75, 3.05) is 0 Å². The number of amides is 2. The van der Waals surface area contributed by atoms with Crippen LogP contribution in [-0.2, 0) is 4.79 Å². The molecule has 2 amide bonds. The molecule has 0 aliphatic heterocycles. The molecule has 2 N–H and O–H groups in total. The third-order valence-corrected chi connectivity index (χ3v) is 3.15. The molecule has 0 fully saturated rings. The summed E-state index contributed by atoms with van der Waals surface area (Å²) < 4.78 is 18.6. The number of non-ortho nitro benzene ring substituents is 1. The van der Waals surface area contributed by atoms with Gasteiger partial charge in [-0.05, 0) is 31.2 Å². The Balaban J connectivity index is 1.89. The first-order valence-corrected chi connectivity index (χ1v) is 7.14. The van der Waals surface area contributed by atoms with E-state index in [1.807, 2.05) is 0 Å². The van der Waals surface area contributed by atoms with E-state index in [0.29, 0.717) is 0 Å². The summed E-state index contributed by atoms with van der Waals surface area (Å²) >= 11 is 0. The summed E-state index contributed by atoms with van der Waals surface area (Å²) in [5.74, 6) is -2.07. The van der Waals surface area contributed by atoms with Gasteiger partial charge in [-0.2, -0.15) is 0 Å². The van der Waals surface area contributed by atoms with Crippen molar-refractivity contribution in [1.29, 1.82) is 0 Å². The van der Waals surface area contributed by atoms with Crippen LogP contribution in [0.1, 0.15) is 17.3 Å². The highest BCUT2D eigenvalue weighted by Gasteiger charge is 2.17. The second-order valence-corrected chi connectivity index (χ2v) is 4.94. The topological polar surface area (TPSA) is 111 Å². The summed E-state index contributed by atoms with van der Waals surface area (Å²) in [7, 11) is 0. The molecule has 0 radical (unpaired) electrons. The lowest BCUT2D eigenvalue weighted by Gasteiger charge is -2.15. The number of carbonyl (C=O) groups is 2. The standard InChI is InChI=1S/C16H14FN3O5/c1-10(25-14-5-3-2-4-13(14)17)15(21)18-19-16(22)11-6-8-12(9-7-11)20(23)24/h2-10H,1H3,(H,18,21)(H,19,22)/t10-/m0/s1. The van der Waals surface area contributed by atoms with E-state index < -0.39 is 28.7 Å². The van der Waals surface area contributed by atoms with Crippen LogP contribution in [0.4, 0.5) is 10.1 Å². The van der Waals surface area contributed by atoms with Gasteiger partial charge in [-0.3, -0.25) is 30.6 Å². The van der Waals surface area contributed by atoms with Crippen molar-refractivity contribution < 1.29 is 23.6 Å². The molecule has 0 aromatic heterocycles. The number of hydrogen-bond donors (Lipinski definition) is 2. The van der Waals surface area contributed by atoms with Crippen LogP contribution in [0.2, 0.25) is 0 Å². The van der Waals surface area contributed by atoms with Crippen LogP contribution in [0.3, 0.4) is 0 Å². The number of ether oxygens (including phenoxy) is 1. The van der Waals surface area contributed by atoms with E-state index in [1.54, 1.807) is 6.07 Å². The molecule has 130 valence electrons. The summed E-state index contributed by atoms with van der Waals surface area (Å²) in [5.41, 5.74) is 4.24. The highest BCUT2D eigenvalue weighted by atomic mass is 19.1. The summed E-state index contributed by atoms with van der Waals surface area (Å²) in [5, 5.41) is 10.6. The minimum absolute atomic E-state index is 0.0909. The zero-order valence-corrected chi connectivity index (χ0v) is 13.1. The lowest BCUT2D eigenvalue weighted by atomic mass is 10.2. The molecule has 8 nitrogen and oxygen atoms in total. The van der Waals surface area contributed by atoms with Gasteiger partial charge in [-0.15, -0.1) is 0 Å². The first kappa shape index (κ1) is 17.9. The average molecular weight is 347 g/mol. The fourth-order valence-corrected chi connectivity index (χ4v) is 1.81.